The second kappa shape index (κ2) is 10.4. The Morgan fingerprint density at radius 3 is 2.39 bits per heavy atom. The predicted molar refractivity (Wildman–Crippen MR) is 157 cm³/mol. The third-order valence-electron chi connectivity index (χ3n) is 6.58. The predicted octanol–water partition coefficient (Wildman–Crippen LogP) is 8.38. The van der Waals surface area contributed by atoms with Gasteiger partial charge in [-0.25, -0.2) is 0 Å². The van der Waals surface area contributed by atoms with E-state index in [4.69, 9.17) is 21.4 Å². The van der Waals surface area contributed by atoms with Crippen LogP contribution in [-0.4, -0.2) is 10.1 Å². The zero-order valence-corrected chi connectivity index (χ0v) is 22.9. The number of benzene rings is 3. The molecular formula is C31H24BrN3O2S. The third kappa shape index (κ3) is 4.83. The van der Waals surface area contributed by atoms with Crippen molar-refractivity contribution in [2.24, 2.45) is 0 Å². The topological polar surface area (TPSA) is 50.5 Å². The quantitative estimate of drug-likeness (QED) is 0.203. The molecule has 1 N–H and O–H groups in total. The zero-order valence-electron chi connectivity index (χ0n) is 20.5. The van der Waals surface area contributed by atoms with Gasteiger partial charge in [-0.15, -0.1) is 0 Å². The van der Waals surface area contributed by atoms with Gasteiger partial charge in [0.15, 0.2) is 5.11 Å². The van der Waals surface area contributed by atoms with Crippen LogP contribution in [-0.2, 0) is 0 Å². The number of aromatic nitrogens is 1. The summed E-state index contributed by atoms with van der Waals surface area (Å²) in [7, 11) is 0. The number of pyridine rings is 1. The first-order valence-corrected chi connectivity index (χ1v) is 13.5. The molecule has 0 bridgehead atoms. The van der Waals surface area contributed by atoms with Crippen LogP contribution in [0.4, 0.5) is 5.69 Å². The maximum Gasteiger partial charge on any atom is 0.174 e. The molecule has 3 aromatic carbocycles. The van der Waals surface area contributed by atoms with Crippen molar-refractivity contribution in [3.05, 3.63) is 131 Å². The van der Waals surface area contributed by atoms with E-state index in [-0.39, 0.29) is 12.1 Å². The average Bonchev–Trinajstić information content (AvgIpc) is 3.56. The highest BCUT2D eigenvalue weighted by atomic mass is 79.9. The van der Waals surface area contributed by atoms with E-state index in [1.54, 1.807) is 6.20 Å². The minimum absolute atomic E-state index is 0.185. The summed E-state index contributed by atoms with van der Waals surface area (Å²) in [5, 5.41) is 4.09. The molecule has 0 amide bonds. The maximum absolute atomic E-state index is 6.45. The lowest BCUT2D eigenvalue weighted by Gasteiger charge is -2.26. The van der Waals surface area contributed by atoms with Crippen LogP contribution in [0.3, 0.4) is 0 Å². The summed E-state index contributed by atoms with van der Waals surface area (Å²) in [6, 6.07) is 33.5. The lowest BCUT2D eigenvalue weighted by molar-refractivity contribution is 0.439. The van der Waals surface area contributed by atoms with Crippen LogP contribution in [0.5, 0.6) is 11.5 Å². The molecule has 1 saturated heterocycles. The number of hydrogen-bond acceptors (Lipinski definition) is 4. The van der Waals surface area contributed by atoms with Crippen molar-refractivity contribution in [2.75, 3.05) is 4.90 Å². The lowest BCUT2D eigenvalue weighted by Crippen LogP contribution is -2.29. The van der Waals surface area contributed by atoms with Gasteiger partial charge in [-0.2, -0.15) is 0 Å². The van der Waals surface area contributed by atoms with Crippen LogP contribution in [0.1, 0.15) is 29.1 Å². The van der Waals surface area contributed by atoms with Crippen molar-refractivity contribution < 1.29 is 9.15 Å². The molecular weight excluding hydrogens is 558 g/mol. The number of halogens is 1. The van der Waals surface area contributed by atoms with E-state index in [1.165, 1.54) is 0 Å². The Balaban J connectivity index is 1.35. The van der Waals surface area contributed by atoms with Gasteiger partial charge < -0.3 is 19.4 Å². The number of nitrogens with one attached hydrogen (secondary N) is 1. The second-order valence-electron chi connectivity index (χ2n) is 9.07. The van der Waals surface area contributed by atoms with E-state index in [1.807, 2.05) is 110 Å². The molecule has 0 unspecified atom stereocenters. The minimum Gasteiger partial charge on any atom is -0.459 e. The second-order valence-corrected chi connectivity index (χ2v) is 10.4. The van der Waals surface area contributed by atoms with Crippen LogP contribution >= 0.6 is 28.1 Å². The molecule has 1 fully saturated rings. The van der Waals surface area contributed by atoms with Crippen LogP contribution in [0, 0.1) is 6.92 Å². The highest BCUT2D eigenvalue weighted by molar-refractivity contribution is 9.10. The van der Waals surface area contributed by atoms with E-state index < -0.39 is 0 Å². The molecule has 0 aliphatic carbocycles. The highest BCUT2D eigenvalue weighted by Crippen LogP contribution is 2.43. The fraction of sp³-hybridized carbons (Fsp3) is 0.0968. The third-order valence-corrected chi connectivity index (χ3v) is 7.42. The Morgan fingerprint density at radius 2 is 1.66 bits per heavy atom. The number of furan rings is 1. The number of aryl methyl sites for hydroxylation is 1. The van der Waals surface area contributed by atoms with Gasteiger partial charge in [0.1, 0.15) is 29.1 Å². The average molecular weight is 583 g/mol. The molecule has 7 heteroatoms. The van der Waals surface area contributed by atoms with E-state index in [0.717, 1.165) is 50.0 Å². The van der Waals surface area contributed by atoms with E-state index in [9.17, 15) is 0 Å². The molecule has 0 saturated carbocycles. The first-order valence-electron chi connectivity index (χ1n) is 12.3. The van der Waals surface area contributed by atoms with E-state index >= 15 is 0 Å². The molecule has 5 aromatic rings. The standard InChI is InChI=1S/C31H24BrN3O2S/c1-20-6-2-3-8-26(20)36-24-15-13-23(14-16-24)35-30(29(34-31(35)38)25-7-4-5-19-33-25)28-18-17-27(37-28)21-9-11-22(32)12-10-21/h2-19,29-30H,1H3,(H,34,38)/t29-,30+/m1/s1. The molecule has 0 radical (unpaired) electrons. The number of ether oxygens (including phenoxy) is 1. The Morgan fingerprint density at radius 1 is 0.895 bits per heavy atom. The summed E-state index contributed by atoms with van der Waals surface area (Å²) < 4.78 is 13.6. The Kier molecular flexibility index (Phi) is 6.70. The first kappa shape index (κ1) is 24.4. The Labute approximate surface area is 235 Å². The molecule has 1 aliphatic heterocycles. The zero-order chi connectivity index (χ0) is 26.1. The Bertz CT molecular complexity index is 1570. The maximum atomic E-state index is 6.45. The van der Waals surface area contributed by atoms with Crippen molar-refractivity contribution in [3.63, 3.8) is 0 Å². The van der Waals surface area contributed by atoms with E-state index in [2.05, 4.69) is 31.1 Å². The molecule has 38 heavy (non-hydrogen) atoms. The van der Waals surface area contributed by atoms with Gasteiger partial charge in [0.05, 0.1) is 11.7 Å². The van der Waals surface area contributed by atoms with Gasteiger partial charge in [-0.1, -0.05) is 52.3 Å². The fourth-order valence-corrected chi connectivity index (χ4v) is 5.29. The van der Waals surface area contributed by atoms with Gasteiger partial charge >= 0.3 is 0 Å². The largest absolute Gasteiger partial charge is 0.459 e. The summed E-state index contributed by atoms with van der Waals surface area (Å²) in [5.74, 6) is 3.19. The van der Waals surface area contributed by atoms with E-state index in [0.29, 0.717) is 5.11 Å². The van der Waals surface area contributed by atoms with Crippen molar-refractivity contribution in [1.29, 1.82) is 0 Å². The normalized spacial score (nSPS) is 16.9. The molecule has 3 heterocycles. The van der Waals surface area contributed by atoms with Crippen LogP contribution in [0.2, 0.25) is 0 Å². The number of hydrogen-bond donors (Lipinski definition) is 1. The summed E-state index contributed by atoms with van der Waals surface area (Å²) >= 11 is 9.36. The van der Waals surface area contributed by atoms with Gasteiger partial charge in [0.25, 0.3) is 0 Å². The number of rotatable bonds is 6. The summed E-state index contributed by atoms with van der Waals surface area (Å²) in [5.41, 5.74) is 3.92. The molecule has 188 valence electrons. The van der Waals surface area contributed by atoms with Gasteiger partial charge in [-0.3, -0.25) is 4.98 Å². The monoisotopic (exact) mass is 581 g/mol. The fourth-order valence-electron chi connectivity index (χ4n) is 4.68. The molecule has 1 aliphatic rings. The van der Waals surface area contributed by atoms with Crippen molar-refractivity contribution in [3.8, 4) is 22.8 Å². The van der Waals surface area contributed by atoms with Gasteiger partial charge in [0, 0.05) is 21.9 Å². The van der Waals surface area contributed by atoms with Crippen molar-refractivity contribution in [2.45, 2.75) is 19.0 Å². The highest BCUT2D eigenvalue weighted by Gasteiger charge is 2.42. The lowest BCUT2D eigenvalue weighted by atomic mass is 10.0. The van der Waals surface area contributed by atoms with Gasteiger partial charge in [0.2, 0.25) is 0 Å². The first-order chi connectivity index (χ1) is 18.6. The van der Waals surface area contributed by atoms with Crippen molar-refractivity contribution in [1.82, 2.24) is 10.3 Å². The molecule has 0 spiro atoms. The summed E-state index contributed by atoms with van der Waals surface area (Å²) in [6.45, 7) is 2.03. The molecule has 2 aromatic heterocycles. The summed E-state index contributed by atoms with van der Waals surface area (Å²) in [4.78, 5) is 6.72. The van der Waals surface area contributed by atoms with Crippen LogP contribution in [0.25, 0.3) is 11.3 Å². The van der Waals surface area contributed by atoms with Crippen LogP contribution in [0.15, 0.2) is 118 Å². The number of thiocarbonyl (C=S) groups is 1. The minimum atomic E-state index is -0.232. The SMILES string of the molecule is Cc1ccccc1Oc1ccc(N2C(=S)N[C@H](c3ccccn3)[C@@H]2c2ccc(-c3ccc(Br)cc3)o2)cc1. The number of anilines is 1. The number of para-hydroxylation sites is 1. The number of nitrogens with zero attached hydrogens (tertiary/aromatic N) is 2. The smallest absolute Gasteiger partial charge is 0.174 e. The molecule has 6 rings (SSSR count). The summed E-state index contributed by atoms with van der Waals surface area (Å²) in [6.07, 6.45) is 1.80. The van der Waals surface area contributed by atoms with Crippen LogP contribution < -0.4 is 15.0 Å². The van der Waals surface area contributed by atoms with Crippen molar-refractivity contribution >= 4 is 38.9 Å². The molecule has 5 nitrogen and oxygen atoms in total. The van der Waals surface area contributed by atoms with Gasteiger partial charge in [-0.05, 0) is 91.4 Å². The Hall–Kier alpha value is -3.94. The molecule has 2 atom stereocenters.